The van der Waals surface area contributed by atoms with Crippen LogP contribution in [0.25, 0.3) is 0 Å². The van der Waals surface area contributed by atoms with Gasteiger partial charge in [-0.25, -0.2) is 4.79 Å². The van der Waals surface area contributed by atoms with Crippen molar-refractivity contribution >= 4 is 17.6 Å². The van der Waals surface area contributed by atoms with Gasteiger partial charge in [0.15, 0.2) is 0 Å². The van der Waals surface area contributed by atoms with E-state index in [0.717, 1.165) is 24.6 Å². The number of morpholine rings is 1. The molecule has 1 aliphatic rings. The van der Waals surface area contributed by atoms with Crippen LogP contribution in [0.5, 0.6) is 0 Å². The molecule has 0 saturated carbocycles. The smallest absolute Gasteiger partial charge is 0.316 e. The number of aryl methyl sites for hydroxylation is 1. The zero-order valence-corrected chi connectivity index (χ0v) is 15.2. The number of nitrogens with zero attached hydrogens (tertiary/aromatic N) is 1. The van der Waals surface area contributed by atoms with Crippen LogP contribution < -0.4 is 16.4 Å². The second-order valence-electron chi connectivity index (χ2n) is 6.39. The molecule has 1 aromatic heterocycles. The zero-order valence-electron chi connectivity index (χ0n) is 15.2. The topological polar surface area (TPSA) is 110 Å². The quantitative estimate of drug-likeness (QED) is 0.717. The lowest BCUT2D eigenvalue weighted by Crippen LogP contribution is -2.43. The number of amides is 3. The fraction of sp³-hybridized carbons (Fsp3) is 0.368. The van der Waals surface area contributed by atoms with Gasteiger partial charge in [0.25, 0.3) is 5.91 Å². The van der Waals surface area contributed by atoms with Crippen molar-refractivity contribution in [3.8, 4) is 0 Å². The Labute approximate surface area is 157 Å². The minimum atomic E-state index is -0.644. The van der Waals surface area contributed by atoms with Gasteiger partial charge in [0.2, 0.25) is 0 Å². The Morgan fingerprint density at radius 2 is 1.85 bits per heavy atom. The normalized spacial score (nSPS) is 15.9. The summed E-state index contributed by atoms with van der Waals surface area (Å²) < 4.78 is 11.2. The first-order valence-corrected chi connectivity index (χ1v) is 8.86. The number of carbonyl (C=O) groups excluding carboxylic acids is 2. The minimum absolute atomic E-state index is 0.0534. The third-order valence-corrected chi connectivity index (χ3v) is 4.45. The molecule has 144 valence electrons. The minimum Gasteiger partial charge on any atom is -0.465 e. The molecule has 1 unspecified atom stereocenters. The highest BCUT2D eigenvalue weighted by atomic mass is 16.5. The summed E-state index contributed by atoms with van der Waals surface area (Å²) in [6, 6.07) is 9.73. The number of anilines is 1. The molecule has 27 heavy (non-hydrogen) atoms. The molecule has 1 aromatic carbocycles. The number of nitrogens with one attached hydrogen (secondary N) is 2. The van der Waals surface area contributed by atoms with E-state index in [2.05, 4.69) is 15.5 Å². The number of urea groups is 1. The lowest BCUT2D eigenvalue weighted by Gasteiger charge is -2.33. The van der Waals surface area contributed by atoms with Crippen LogP contribution in [0, 0.1) is 6.92 Å². The molecule has 2 aromatic rings. The average Bonchev–Trinajstić information content (AvgIpc) is 3.09. The molecular formula is C19H24N4O4. The predicted octanol–water partition coefficient (Wildman–Crippen LogP) is 1.88. The van der Waals surface area contributed by atoms with Gasteiger partial charge in [-0.05, 0) is 43.3 Å². The standard InChI is InChI=1S/C19H24N4O4/c1-13-2-7-17(27-13)16(23-8-10-26-11-9-23)12-21-18(24)14-3-5-15(6-4-14)22-19(20)25/h2-7,16H,8-12H2,1H3,(H,21,24)(H3,20,22,25). The van der Waals surface area contributed by atoms with E-state index in [4.69, 9.17) is 14.9 Å². The van der Waals surface area contributed by atoms with Gasteiger partial charge in [-0.2, -0.15) is 0 Å². The van der Waals surface area contributed by atoms with E-state index >= 15 is 0 Å². The highest BCUT2D eigenvalue weighted by Gasteiger charge is 2.25. The van der Waals surface area contributed by atoms with Crippen molar-refractivity contribution in [2.75, 3.05) is 38.2 Å². The second kappa shape index (κ2) is 8.70. The maximum atomic E-state index is 12.5. The fourth-order valence-electron chi connectivity index (χ4n) is 3.07. The van der Waals surface area contributed by atoms with E-state index in [-0.39, 0.29) is 11.9 Å². The summed E-state index contributed by atoms with van der Waals surface area (Å²) in [4.78, 5) is 25.6. The highest BCUT2D eigenvalue weighted by Crippen LogP contribution is 2.23. The summed E-state index contributed by atoms with van der Waals surface area (Å²) in [5.74, 6) is 1.48. The van der Waals surface area contributed by atoms with Crippen LogP contribution in [0.4, 0.5) is 10.5 Å². The first-order valence-electron chi connectivity index (χ1n) is 8.86. The second-order valence-corrected chi connectivity index (χ2v) is 6.39. The number of carbonyl (C=O) groups is 2. The van der Waals surface area contributed by atoms with E-state index in [1.54, 1.807) is 24.3 Å². The number of benzene rings is 1. The van der Waals surface area contributed by atoms with Crippen molar-refractivity contribution in [2.45, 2.75) is 13.0 Å². The number of furan rings is 1. The number of hydrogen-bond donors (Lipinski definition) is 3. The molecule has 3 rings (SSSR count). The average molecular weight is 372 g/mol. The van der Waals surface area contributed by atoms with Crippen molar-refractivity contribution in [3.63, 3.8) is 0 Å². The van der Waals surface area contributed by atoms with Crippen LogP contribution in [0.3, 0.4) is 0 Å². The summed E-state index contributed by atoms with van der Waals surface area (Å²) in [6.45, 7) is 5.23. The number of rotatable bonds is 6. The largest absolute Gasteiger partial charge is 0.465 e. The van der Waals surface area contributed by atoms with Crippen molar-refractivity contribution in [1.82, 2.24) is 10.2 Å². The molecule has 3 amide bonds. The molecule has 1 atom stereocenters. The maximum Gasteiger partial charge on any atom is 0.316 e. The summed E-state index contributed by atoms with van der Waals surface area (Å²) >= 11 is 0. The van der Waals surface area contributed by atoms with Crippen LogP contribution >= 0.6 is 0 Å². The maximum absolute atomic E-state index is 12.5. The monoisotopic (exact) mass is 372 g/mol. The number of primary amides is 1. The fourth-order valence-corrected chi connectivity index (χ4v) is 3.07. The number of ether oxygens (including phenoxy) is 1. The van der Waals surface area contributed by atoms with Gasteiger partial charge < -0.3 is 25.5 Å². The molecule has 8 nitrogen and oxygen atoms in total. The summed E-state index contributed by atoms with van der Waals surface area (Å²) in [5.41, 5.74) is 6.12. The van der Waals surface area contributed by atoms with E-state index in [1.807, 2.05) is 19.1 Å². The van der Waals surface area contributed by atoms with E-state index in [1.165, 1.54) is 0 Å². The molecular weight excluding hydrogens is 348 g/mol. The zero-order chi connectivity index (χ0) is 19.2. The number of nitrogens with two attached hydrogens (primary N) is 1. The predicted molar refractivity (Wildman–Crippen MR) is 101 cm³/mol. The van der Waals surface area contributed by atoms with Gasteiger partial charge in [-0.1, -0.05) is 0 Å². The highest BCUT2D eigenvalue weighted by molar-refractivity contribution is 5.95. The Morgan fingerprint density at radius 1 is 1.15 bits per heavy atom. The lowest BCUT2D eigenvalue weighted by molar-refractivity contribution is 0.0117. The lowest BCUT2D eigenvalue weighted by atomic mass is 10.1. The van der Waals surface area contributed by atoms with Crippen LogP contribution in [-0.2, 0) is 4.74 Å². The van der Waals surface area contributed by atoms with Crippen molar-refractivity contribution in [1.29, 1.82) is 0 Å². The first kappa shape index (κ1) is 18.9. The van der Waals surface area contributed by atoms with Crippen molar-refractivity contribution in [2.24, 2.45) is 5.73 Å². The van der Waals surface area contributed by atoms with Crippen LogP contribution in [0.1, 0.15) is 27.9 Å². The third kappa shape index (κ3) is 5.08. The Hall–Kier alpha value is -2.84. The first-order chi connectivity index (χ1) is 13.0. The van der Waals surface area contributed by atoms with E-state index in [0.29, 0.717) is 31.0 Å². The van der Waals surface area contributed by atoms with Crippen molar-refractivity contribution in [3.05, 3.63) is 53.5 Å². The van der Waals surface area contributed by atoms with Gasteiger partial charge >= 0.3 is 6.03 Å². The summed E-state index contributed by atoms with van der Waals surface area (Å²) in [5, 5.41) is 5.44. The molecule has 0 aliphatic carbocycles. The van der Waals surface area contributed by atoms with Gasteiger partial charge in [-0.15, -0.1) is 0 Å². The summed E-state index contributed by atoms with van der Waals surface area (Å²) in [6.07, 6.45) is 0. The van der Waals surface area contributed by atoms with Gasteiger partial charge in [0, 0.05) is 30.9 Å². The molecule has 1 aliphatic heterocycles. The van der Waals surface area contributed by atoms with Crippen LogP contribution in [0.15, 0.2) is 40.8 Å². The molecule has 1 fully saturated rings. The van der Waals surface area contributed by atoms with Gasteiger partial charge in [-0.3, -0.25) is 9.69 Å². The Morgan fingerprint density at radius 3 is 2.44 bits per heavy atom. The molecule has 1 saturated heterocycles. The number of hydrogen-bond acceptors (Lipinski definition) is 5. The Bertz CT molecular complexity index is 781. The molecule has 4 N–H and O–H groups in total. The van der Waals surface area contributed by atoms with Crippen LogP contribution in [0.2, 0.25) is 0 Å². The molecule has 0 spiro atoms. The molecule has 2 heterocycles. The third-order valence-electron chi connectivity index (χ3n) is 4.45. The van der Waals surface area contributed by atoms with Crippen molar-refractivity contribution < 1.29 is 18.7 Å². The SMILES string of the molecule is Cc1ccc(C(CNC(=O)c2ccc(NC(N)=O)cc2)N2CCOCC2)o1. The molecule has 8 heteroatoms. The Kier molecular flexibility index (Phi) is 6.10. The molecule has 0 radical (unpaired) electrons. The Balaban J connectivity index is 1.65. The van der Waals surface area contributed by atoms with E-state index < -0.39 is 6.03 Å². The van der Waals surface area contributed by atoms with E-state index in [9.17, 15) is 9.59 Å². The molecule has 0 bridgehead atoms. The van der Waals surface area contributed by atoms with Crippen LogP contribution in [-0.4, -0.2) is 49.7 Å². The summed E-state index contributed by atoms with van der Waals surface area (Å²) in [7, 11) is 0. The van der Waals surface area contributed by atoms with Gasteiger partial charge in [0.1, 0.15) is 11.5 Å². The van der Waals surface area contributed by atoms with Gasteiger partial charge in [0.05, 0.1) is 19.3 Å².